The number of pyridine rings is 1. The molecule has 128 valence electrons. The van der Waals surface area contributed by atoms with Crippen molar-refractivity contribution < 1.29 is 23.7 Å². The molecule has 7 heteroatoms. The van der Waals surface area contributed by atoms with E-state index in [9.17, 15) is 10.0 Å². The third-order valence-electron chi connectivity index (χ3n) is 3.73. The normalized spacial score (nSPS) is 10.5. The molecule has 0 unspecified atom stereocenters. The van der Waals surface area contributed by atoms with Crippen molar-refractivity contribution in [3.8, 4) is 23.0 Å². The molecule has 0 aliphatic carbocycles. The fourth-order valence-corrected chi connectivity index (χ4v) is 2.46. The van der Waals surface area contributed by atoms with Crippen LogP contribution in [-0.4, -0.2) is 20.1 Å². The van der Waals surface area contributed by atoms with Gasteiger partial charge in [-0.2, -0.15) is 4.73 Å². The molecular weight excluding hydrogens is 324 g/mol. The average molecular weight is 340 g/mol. The van der Waals surface area contributed by atoms with Gasteiger partial charge in [0.2, 0.25) is 11.4 Å². The number of benzene rings is 2. The van der Waals surface area contributed by atoms with Gasteiger partial charge in [0.25, 0.3) is 0 Å². The van der Waals surface area contributed by atoms with Gasteiger partial charge in [0.05, 0.1) is 25.7 Å². The lowest BCUT2D eigenvalue weighted by Crippen LogP contribution is -2.26. The second-order valence-corrected chi connectivity index (χ2v) is 5.22. The molecule has 0 aliphatic rings. The van der Waals surface area contributed by atoms with Gasteiger partial charge in [-0.05, 0) is 24.3 Å². The number of nitrogens with two attached hydrogens (primary N) is 1. The van der Waals surface area contributed by atoms with Gasteiger partial charge in [0.1, 0.15) is 11.5 Å². The number of carbonyl (C=O) groups excluding carboxylic acids is 1. The second-order valence-electron chi connectivity index (χ2n) is 5.22. The Morgan fingerprint density at radius 2 is 1.64 bits per heavy atom. The molecule has 2 N–H and O–H groups in total. The number of carbonyl (C=O) groups is 1. The van der Waals surface area contributed by atoms with E-state index in [2.05, 4.69) is 0 Å². The van der Waals surface area contributed by atoms with E-state index >= 15 is 0 Å². The van der Waals surface area contributed by atoms with Crippen molar-refractivity contribution in [3.05, 3.63) is 59.4 Å². The molecule has 1 amide bonds. The number of aromatic nitrogens is 1. The van der Waals surface area contributed by atoms with Crippen LogP contribution in [0.3, 0.4) is 0 Å². The Bertz CT molecular complexity index is 938. The van der Waals surface area contributed by atoms with Crippen LogP contribution >= 0.6 is 0 Å². The fourth-order valence-electron chi connectivity index (χ4n) is 2.46. The number of hydrogen-bond donors (Lipinski definition) is 1. The van der Waals surface area contributed by atoms with Gasteiger partial charge in [-0.1, -0.05) is 0 Å². The van der Waals surface area contributed by atoms with E-state index in [0.717, 1.165) is 4.73 Å². The number of nitrogens with zero attached hydrogens (tertiary/aromatic N) is 1. The Kier molecular flexibility index (Phi) is 4.30. The Balaban J connectivity index is 2.06. The highest BCUT2D eigenvalue weighted by Gasteiger charge is 2.16. The largest absolute Gasteiger partial charge is 0.618 e. The molecule has 0 radical (unpaired) electrons. The van der Waals surface area contributed by atoms with Gasteiger partial charge in [-0.15, -0.1) is 0 Å². The number of ether oxygens (including phenoxy) is 3. The zero-order valence-corrected chi connectivity index (χ0v) is 13.7. The van der Waals surface area contributed by atoms with Crippen LogP contribution in [-0.2, 0) is 0 Å². The molecule has 0 bridgehead atoms. The number of amides is 1. The molecule has 0 spiro atoms. The highest BCUT2D eigenvalue weighted by atomic mass is 16.5. The third kappa shape index (κ3) is 3.12. The Morgan fingerprint density at radius 1 is 1.00 bits per heavy atom. The molecule has 1 heterocycles. The maximum atomic E-state index is 12.1. The summed E-state index contributed by atoms with van der Waals surface area (Å²) in [7, 11) is 3.01. The third-order valence-corrected chi connectivity index (χ3v) is 3.73. The van der Waals surface area contributed by atoms with E-state index in [0.29, 0.717) is 39.5 Å². The van der Waals surface area contributed by atoms with E-state index in [4.69, 9.17) is 19.9 Å². The number of methoxy groups -OCH3 is 2. The number of rotatable bonds is 5. The van der Waals surface area contributed by atoms with Crippen LogP contribution in [0, 0.1) is 5.21 Å². The van der Waals surface area contributed by atoms with E-state index in [-0.39, 0.29) is 0 Å². The molecule has 0 fully saturated rings. The number of hydrogen-bond acceptors (Lipinski definition) is 5. The summed E-state index contributed by atoms with van der Waals surface area (Å²) in [5.74, 6) is 1.39. The molecule has 2 aromatic carbocycles. The van der Waals surface area contributed by atoms with Crippen molar-refractivity contribution in [3.63, 3.8) is 0 Å². The molecular formula is C18H16N2O5. The number of fused-ring (bicyclic) bond motifs is 1. The van der Waals surface area contributed by atoms with Crippen molar-refractivity contribution in [2.24, 2.45) is 5.73 Å². The summed E-state index contributed by atoms with van der Waals surface area (Å²) in [5, 5.41) is 12.6. The molecule has 0 atom stereocenters. The lowest BCUT2D eigenvalue weighted by molar-refractivity contribution is -0.577. The van der Waals surface area contributed by atoms with Gasteiger partial charge in [0.15, 0.2) is 17.7 Å². The first-order valence-electron chi connectivity index (χ1n) is 7.39. The Labute approximate surface area is 143 Å². The molecule has 0 saturated heterocycles. The lowest BCUT2D eigenvalue weighted by Gasteiger charge is -2.12. The predicted octanol–water partition coefficient (Wildman–Crippen LogP) is 2.38. The van der Waals surface area contributed by atoms with Crippen molar-refractivity contribution in [1.29, 1.82) is 0 Å². The van der Waals surface area contributed by atoms with E-state index in [1.807, 2.05) is 0 Å². The standard InChI is InChI=1S/C18H16N2O5/c1-23-16-9-13-14(10-17(16)24-2)20(22)8-7-15(13)25-12-5-3-11(4-6-12)18(19)21/h3-10H,1-2H3,(H2,19,21). The Hall–Kier alpha value is -3.48. The maximum Gasteiger partial charge on any atom is 0.248 e. The van der Waals surface area contributed by atoms with Crippen LogP contribution in [0.4, 0.5) is 0 Å². The van der Waals surface area contributed by atoms with Crippen molar-refractivity contribution >= 4 is 16.8 Å². The SMILES string of the molecule is COc1cc2c(Oc3ccc(C(N)=O)cc3)cc[n+]([O-])c2cc1OC. The van der Waals surface area contributed by atoms with Crippen LogP contribution in [0.15, 0.2) is 48.7 Å². The van der Waals surface area contributed by atoms with Gasteiger partial charge >= 0.3 is 0 Å². The van der Waals surface area contributed by atoms with Crippen LogP contribution in [0.25, 0.3) is 10.9 Å². The van der Waals surface area contributed by atoms with Crippen LogP contribution < -0.4 is 24.7 Å². The zero-order valence-electron chi connectivity index (χ0n) is 13.7. The van der Waals surface area contributed by atoms with Crippen molar-refractivity contribution in [2.75, 3.05) is 14.2 Å². The van der Waals surface area contributed by atoms with Crippen molar-refractivity contribution in [2.45, 2.75) is 0 Å². The minimum absolute atomic E-state index is 0.379. The lowest BCUT2D eigenvalue weighted by atomic mass is 10.1. The van der Waals surface area contributed by atoms with E-state index in [1.165, 1.54) is 20.4 Å². The van der Waals surface area contributed by atoms with Gasteiger partial charge < -0.3 is 25.2 Å². The summed E-state index contributed by atoms with van der Waals surface area (Å²) < 4.78 is 17.1. The van der Waals surface area contributed by atoms with Gasteiger partial charge in [-0.3, -0.25) is 4.79 Å². The zero-order chi connectivity index (χ0) is 18.0. The highest BCUT2D eigenvalue weighted by molar-refractivity contribution is 5.92. The molecule has 25 heavy (non-hydrogen) atoms. The fraction of sp³-hybridized carbons (Fsp3) is 0.111. The first-order valence-corrected chi connectivity index (χ1v) is 7.39. The molecule has 7 nitrogen and oxygen atoms in total. The molecule has 0 aliphatic heterocycles. The smallest absolute Gasteiger partial charge is 0.248 e. The molecule has 1 aromatic heterocycles. The summed E-state index contributed by atoms with van der Waals surface area (Å²) in [4.78, 5) is 11.1. The van der Waals surface area contributed by atoms with Crippen LogP contribution in [0.1, 0.15) is 10.4 Å². The minimum Gasteiger partial charge on any atom is -0.618 e. The summed E-state index contributed by atoms with van der Waals surface area (Å²) >= 11 is 0. The highest BCUT2D eigenvalue weighted by Crippen LogP contribution is 2.36. The summed E-state index contributed by atoms with van der Waals surface area (Å²) in [6, 6.07) is 11.2. The van der Waals surface area contributed by atoms with Crippen LogP contribution in [0.2, 0.25) is 0 Å². The quantitative estimate of drug-likeness (QED) is 0.568. The predicted molar refractivity (Wildman–Crippen MR) is 91.0 cm³/mol. The van der Waals surface area contributed by atoms with Crippen molar-refractivity contribution in [1.82, 2.24) is 0 Å². The van der Waals surface area contributed by atoms with E-state index < -0.39 is 5.91 Å². The topological polar surface area (TPSA) is 97.7 Å². The first kappa shape index (κ1) is 16.4. The van der Waals surface area contributed by atoms with Gasteiger partial charge in [-0.25, -0.2) is 0 Å². The van der Waals surface area contributed by atoms with E-state index in [1.54, 1.807) is 42.5 Å². The minimum atomic E-state index is -0.513. The summed E-state index contributed by atoms with van der Waals surface area (Å²) in [6.07, 6.45) is 1.35. The first-order chi connectivity index (χ1) is 12.0. The Morgan fingerprint density at radius 3 is 2.24 bits per heavy atom. The average Bonchev–Trinajstić information content (AvgIpc) is 2.63. The second kappa shape index (κ2) is 6.56. The maximum absolute atomic E-state index is 12.1. The molecule has 3 aromatic rings. The van der Waals surface area contributed by atoms with Crippen LogP contribution in [0.5, 0.6) is 23.0 Å². The number of primary amides is 1. The summed E-state index contributed by atoms with van der Waals surface area (Å²) in [5.41, 5.74) is 5.99. The molecule has 3 rings (SSSR count). The summed E-state index contributed by atoms with van der Waals surface area (Å²) in [6.45, 7) is 0. The molecule has 0 saturated carbocycles. The monoisotopic (exact) mass is 340 g/mol. The van der Waals surface area contributed by atoms with Gasteiger partial charge in [0, 0.05) is 17.7 Å².